The van der Waals surface area contributed by atoms with Crippen LogP contribution >= 0.6 is 0 Å². The number of para-hydroxylation sites is 2. The van der Waals surface area contributed by atoms with Crippen molar-refractivity contribution in [2.45, 2.75) is 93.2 Å². The fraction of sp³-hybridized carbons (Fsp3) is 0.727. The summed E-state index contributed by atoms with van der Waals surface area (Å²) in [5.41, 5.74) is 3.06. The molecule has 2 N–H and O–H groups in total. The molecule has 2 heteroatoms. The maximum atomic E-state index is 3.77. The van der Waals surface area contributed by atoms with Gasteiger partial charge in [0.15, 0.2) is 0 Å². The number of nitrogens with one attached hydrogen (secondary N) is 2. The molecule has 0 amide bonds. The fourth-order valence-corrected chi connectivity index (χ4v) is 4.17. The van der Waals surface area contributed by atoms with Gasteiger partial charge >= 0.3 is 0 Å². The van der Waals surface area contributed by atoms with Crippen molar-refractivity contribution >= 4 is 11.4 Å². The van der Waals surface area contributed by atoms with Gasteiger partial charge in [0.05, 0.1) is 11.4 Å². The Labute approximate surface area is 150 Å². The number of anilines is 2. The van der Waals surface area contributed by atoms with E-state index in [2.05, 4.69) is 104 Å². The first-order valence-electron chi connectivity index (χ1n) is 9.24. The fourth-order valence-electron chi connectivity index (χ4n) is 4.17. The molecule has 0 fully saturated rings. The van der Waals surface area contributed by atoms with Crippen molar-refractivity contribution in [2.75, 3.05) is 10.6 Å². The summed E-state index contributed by atoms with van der Waals surface area (Å²) >= 11 is 0. The summed E-state index contributed by atoms with van der Waals surface area (Å²) < 4.78 is 0. The van der Waals surface area contributed by atoms with E-state index in [0.29, 0.717) is 10.8 Å². The third-order valence-corrected chi connectivity index (χ3v) is 3.82. The first-order valence-corrected chi connectivity index (χ1v) is 9.24. The summed E-state index contributed by atoms with van der Waals surface area (Å²) in [6, 6.07) is 8.58. The third-order valence-electron chi connectivity index (χ3n) is 3.82. The van der Waals surface area contributed by atoms with Gasteiger partial charge in [-0.3, -0.25) is 0 Å². The topological polar surface area (TPSA) is 24.1 Å². The van der Waals surface area contributed by atoms with E-state index in [0.717, 1.165) is 12.8 Å². The predicted molar refractivity (Wildman–Crippen MR) is 110 cm³/mol. The summed E-state index contributed by atoms with van der Waals surface area (Å²) in [5.74, 6) is 0. The Morgan fingerprint density at radius 3 is 1.12 bits per heavy atom. The summed E-state index contributed by atoms with van der Waals surface area (Å²) in [7, 11) is 0. The van der Waals surface area contributed by atoms with Gasteiger partial charge in [-0.2, -0.15) is 0 Å². The minimum Gasteiger partial charge on any atom is -0.378 e. The normalized spacial score (nSPS) is 13.8. The zero-order valence-corrected chi connectivity index (χ0v) is 17.7. The molecule has 1 rings (SSSR count). The highest BCUT2D eigenvalue weighted by atomic mass is 15.0. The first kappa shape index (κ1) is 20.9. The first-order chi connectivity index (χ1) is 10.6. The van der Waals surface area contributed by atoms with Crippen molar-refractivity contribution in [3.63, 3.8) is 0 Å². The van der Waals surface area contributed by atoms with Crippen LogP contribution in [0.5, 0.6) is 0 Å². The van der Waals surface area contributed by atoms with Crippen molar-refractivity contribution in [1.82, 2.24) is 0 Å². The van der Waals surface area contributed by atoms with Gasteiger partial charge in [0, 0.05) is 11.1 Å². The van der Waals surface area contributed by atoms with Gasteiger partial charge in [-0.1, -0.05) is 53.7 Å². The molecule has 0 aliphatic heterocycles. The molecule has 0 heterocycles. The molecule has 24 heavy (non-hydrogen) atoms. The SMILES string of the molecule is CC(C)(C)CC(C)(C)Nc1ccccc1NC(C)(C)CC(C)(C)C. The van der Waals surface area contributed by atoms with Crippen molar-refractivity contribution in [3.05, 3.63) is 24.3 Å². The number of hydrogen-bond donors (Lipinski definition) is 2. The molecule has 2 nitrogen and oxygen atoms in total. The Hall–Kier alpha value is -1.18. The number of rotatable bonds is 6. The zero-order valence-electron chi connectivity index (χ0n) is 17.7. The van der Waals surface area contributed by atoms with E-state index >= 15 is 0 Å². The molecule has 138 valence electrons. The van der Waals surface area contributed by atoms with E-state index in [1.54, 1.807) is 0 Å². The van der Waals surface area contributed by atoms with Crippen molar-refractivity contribution in [2.24, 2.45) is 10.8 Å². The molecule has 0 radical (unpaired) electrons. The molecule has 1 aromatic rings. The molecule has 1 aromatic carbocycles. The number of hydrogen-bond acceptors (Lipinski definition) is 2. The maximum absolute atomic E-state index is 3.77. The molecule has 0 saturated heterocycles. The van der Waals surface area contributed by atoms with Gasteiger partial charge < -0.3 is 10.6 Å². The second-order valence-electron chi connectivity index (χ2n) is 11.0. The molecular weight excluding hydrogens is 292 g/mol. The lowest BCUT2D eigenvalue weighted by Crippen LogP contribution is -2.38. The van der Waals surface area contributed by atoms with Crippen LogP contribution in [-0.2, 0) is 0 Å². The molecule has 0 aliphatic carbocycles. The Morgan fingerprint density at radius 1 is 0.583 bits per heavy atom. The highest BCUT2D eigenvalue weighted by Crippen LogP contribution is 2.35. The Kier molecular flexibility index (Phi) is 6.07. The van der Waals surface area contributed by atoms with Gasteiger partial charge in [-0.25, -0.2) is 0 Å². The van der Waals surface area contributed by atoms with Gasteiger partial charge in [-0.15, -0.1) is 0 Å². The lowest BCUT2D eigenvalue weighted by molar-refractivity contribution is 0.300. The largest absolute Gasteiger partial charge is 0.378 e. The van der Waals surface area contributed by atoms with Crippen LogP contribution in [0.2, 0.25) is 0 Å². The molecule has 0 aromatic heterocycles. The average molecular weight is 333 g/mol. The Balaban J connectivity index is 2.96. The highest BCUT2D eigenvalue weighted by molar-refractivity contribution is 5.70. The van der Waals surface area contributed by atoms with Crippen LogP contribution in [0.25, 0.3) is 0 Å². The van der Waals surface area contributed by atoms with E-state index in [9.17, 15) is 0 Å². The van der Waals surface area contributed by atoms with Crippen molar-refractivity contribution in [3.8, 4) is 0 Å². The van der Waals surface area contributed by atoms with Gasteiger partial charge in [0.1, 0.15) is 0 Å². The molecule has 0 unspecified atom stereocenters. The summed E-state index contributed by atoms with van der Waals surface area (Å²) in [4.78, 5) is 0. The van der Waals surface area contributed by atoms with E-state index in [-0.39, 0.29) is 11.1 Å². The minimum absolute atomic E-state index is 0.0458. The van der Waals surface area contributed by atoms with Gasteiger partial charge in [0.25, 0.3) is 0 Å². The number of benzene rings is 1. The monoisotopic (exact) mass is 332 g/mol. The molecule has 0 bridgehead atoms. The standard InChI is InChI=1S/C22H40N2/c1-19(2,3)15-21(7,8)23-17-13-11-12-14-18(17)24-22(9,10)16-20(4,5)6/h11-14,23-24H,15-16H2,1-10H3. The molecule has 0 atom stereocenters. The average Bonchev–Trinajstić information content (AvgIpc) is 2.23. The molecule has 0 spiro atoms. The van der Waals surface area contributed by atoms with E-state index in [4.69, 9.17) is 0 Å². The predicted octanol–water partition coefficient (Wildman–Crippen LogP) is 6.94. The highest BCUT2D eigenvalue weighted by Gasteiger charge is 2.28. The van der Waals surface area contributed by atoms with Crippen LogP contribution in [0.1, 0.15) is 82.1 Å². The van der Waals surface area contributed by atoms with E-state index in [1.807, 2.05) is 0 Å². The molecule has 0 saturated carbocycles. The van der Waals surface area contributed by atoms with Gasteiger partial charge in [-0.05, 0) is 63.5 Å². The smallest absolute Gasteiger partial charge is 0.0580 e. The molecular formula is C22H40N2. The second kappa shape index (κ2) is 6.98. The minimum atomic E-state index is 0.0458. The quantitative estimate of drug-likeness (QED) is 0.589. The van der Waals surface area contributed by atoms with Gasteiger partial charge in [0.2, 0.25) is 0 Å². The van der Waals surface area contributed by atoms with Crippen LogP contribution in [0, 0.1) is 10.8 Å². The Bertz CT molecular complexity index is 479. The van der Waals surface area contributed by atoms with Crippen LogP contribution in [0.15, 0.2) is 24.3 Å². The maximum Gasteiger partial charge on any atom is 0.0580 e. The molecule has 0 aliphatic rings. The van der Waals surface area contributed by atoms with Crippen LogP contribution in [-0.4, -0.2) is 11.1 Å². The van der Waals surface area contributed by atoms with E-state index < -0.39 is 0 Å². The summed E-state index contributed by atoms with van der Waals surface area (Å²) in [6.45, 7) is 22.9. The van der Waals surface area contributed by atoms with Crippen molar-refractivity contribution < 1.29 is 0 Å². The third kappa shape index (κ3) is 8.08. The summed E-state index contributed by atoms with van der Waals surface area (Å²) in [6.07, 6.45) is 2.22. The van der Waals surface area contributed by atoms with Crippen molar-refractivity contribution in [1.29, 1.82) is 0 Å². The summed E-state index contributed by atoms with van der Waals surface area (Å²) in [5, 5.41) is 7.53. The van der Waals surface area contributed by atoms with Crippen LogP contribution < -0.4 is 10.6 Å². The van der Waals surface area contributed by atoms with Crippen LogP contribution in [0.4, 0.5) is 11.4 Å². The lowest BCUT2D eigenvalue weighted by atomic mass is 9.81. The lowest BCUT2D eigenvalue weighted by Gasteiger charge is -2.37. The van der Waals surface area contributed by atoms with Crippen LogP contribution in [0.3, 0.4) is 0 Å². The zero-order chi connectivity index (χ0) is 18.8. The second-order valence-corrected chi connectivity index (χ2v) is 11.0. The Morgan fingerprint density at radius 2 is 0.875 bits per heavy atom. The van der Waals surface area contributed by atoms with E-state index in [1.165, 1.54) is 11.4 Å².